The summed E-state index contributed by atoms with van der Waals surface area (Å²) < 4.78 is 1.71. The summed E-state index contributed by atoms with van der Waals surface area (Å²) >= 11 is 1.40. The molecule has 1 amide bonds. The van der Waals surface area contributed by atoms with Gasteiger partial charge in [0.15, 0.2) is 5.16 Å². The van der Waals surface area contributed by atoms with Gasteiger partial charge in [0.05, 0.1) is 5.75 Å². The Morgan fingerprint density at radius 3 is 2.86 bits per heavy atom. The molecular formula is C14H21N5OS. The zero-order chi connectivity index (χ0) is 14.8. The second-order valence-electron chi connectivity index (χ2n) is 5.62. The average Bonchev–Trinajstić information content (AvgIpc) is 3.27. The Bertz CT molecular complexity index is 564. The molecule has 1 aromatic heterocycles. The molecule has 0 aliphatic heterocycles. The monoisotopic (exact) mass is 307 g/mol. The molecule has 0 saturated heterocycles. The molecule has 0 radical (unpaired) electrons. The molecule has 2 aliphatic rings. The zero-order valence-corrected chi connectivity index (χ0v) is 13.1. The maximum absolute atomic E-state index is 12.6. The van der Waals surface area contributed by atoms with Crippen LogP contribution < -0.4 is 5.73 Å². The Morgan fingerprint density at radius 2 is 2.29 bits per heavy atom. The van der Waals surface area contributed by atoms with Crippen molar-refractivity contribution in [3.8, 4) is 0 Å². The molecule has 0 unspecified atom stereocenters. The first-order chi connectivity index (χ1) is 10.2. The molecule has 6 nitrogen and oxygen atoms in total. The molecule has 0 spiro atoms. The average molecular weight is 307 g/mol. The number of nitrogens with two attached hydrogens (primary N) is 1. The summed E-state index contributed by atoms with van der Waals surface area (Å²) in [5.41, 5.74) is 6.88. The van der Waals surface area contributed by atoms with E-state index in [0.717, 1.165) is 25.7 Å². The van der Waals surface area contributed by atoms with Crippen LogP contribution in [-0.2, 0) is 11.8 Å². The number of thioether (sulfide) groups is 1. The number of carbonyl (C=O) groups is 1. The third kappa shape index (κ3) is 3.23. The van der Waals surface area contributed by atoms with Crippen LogP contribution in [0.1, 0.15) is 38.5 Å². The van der Waals surface area contributed by atoms with Gasteiger partial charge in [-0.25, -0.2) is 0 Å². The lowest BCUT2D eigenvalue weighted by Gasteiger charge is -2.27. The maximum atomic E-state index is 12.6. The Labute approximate surface area is 128 Å². The van der Waals surface area contributed by atoms with Crippen molar-refractivity contribution < 1.29 is 4.79 Å². The topological polar surface area (TPSA) is 77.0 Å². The van der Waals surface area contributed by atoms with Crippen molar-refractivity contribution in [3.63, 3.8) is 0 Å². The first-order valence-corrected chi connectivity index (χ1v) is 8.44. The summed E-state index contributed by atoms with van der Waals surface area (Å²) in [6, 6.07) is 0.423. The largest absolute Gasteiger partial charge is 0.368 e. The molecule has 1 aromatic rings. The third-order valence-electron chi connectivity index (χ3n) is 3.95. The van der Waals surface area contributed by atoms with Crippen LogP contribution in [0.2, 0.25) is 0 Å². The number of nitrogens with zero attached hydrogens (tertiary/aromatic N) is 4. The summed E-state index contributed by atoms with van der Waals surface area (Å²) in [7, 11) is 1.81. The van der Waals surface area contributed by atoms with Gasteiger partial charge in [-0.15, -0.1) is 10.2 Å². The Hall–Kier alpha value is -1.50. The van der Waals surface area contributed by atoms with Gasteiger partial charge in [-0.3, -0.25) is 9.36 Å². The minimum absolute atomic E-state index is 0.178. The Balaban J connectivity index is 1.64. The zero-order valence-electron chi connectivity index (χ0n) is 12.3. The van der Waals surface area contributed by atoms with E-state index >= 15 is 0 Å². The van der Waals surface area contributed by atoms with E-state index in [-0.39, 0.29) is 5.91 Å². The fourth-order valence-corrected chi connectivity index (χ4v) is 3.40. The van der Waals surface area contributed by atoms with Crippen molar-refractivity contribution in [2.75, 3.05) is 11.5 Å². The smallest absolute Gasteiger partial charge is 0.237 e. The van der Waals surface area contributed by atoms with E-state index in [4.69, 9.17) is 5.73 Å². The number of allylic oxidation sites excluding steroid dienone is 2. The van der Waals surface area contributed by atoms with Crippen molar-refractivity contribution in [3.05, 3.63) is 11.8 Å². The van der Waals surface area contributed by atoms with Crippen LogP contribution in [0.3, 0.4) is 0 Å². The van der Waals surface area contributed by atoms with E-state index in [1.165, 1.54) is 30.3 Å². The number of hydrogen-bond donors (Lipinski definition) is 1. The van der Waals surface area contributed by atoms with Gasteiger partial charge in [-0.05, 0) is 38.5 Å². The van der Waals surface area contributed by atoms with Crippen LogP contribution >= 0.6 is 11.8 Å². The Morgan fingerprint density at radius 1 is 1.48 bits per heavy atom. The van der Waals surface area contributed by atoms with Crippen LogP contribution in [0.5, 0.6) is 0 Å². The summed E-state index contributed by atoms with van der Waals surface area (Å²) in [5.74, 6) is 0.941. The van der Waals surface area contributed by atoms with Gasteiger partial charge >= 0.3 is 0 Å². The summed E-state index contributed by atoms with van der Waals surface area (Å²) in [5, 5.41) is 8.48. The summed E-state index contributed by atoms with van der Waals surface area (Å²) in [6.45, 7) is 0. The van der Waals surface area contributed by atoms with Crippen LogP contribution in [0.25, 0.3) is 0 Å². The molecular weight excluding hydrogens is 286 g/mol. The van der Waals surface area contributed by atoms with E-state index in [1.807, 2.05) is 11.9 Å². The van der Waals surface area contributed by atoms with Crippen molar-refractivity contribution in [2.24, 2.45) is 7.05 Å². The number of amides is 1. The molecule has 1 fully saturated rings. The SMILES string of the molecule is Cn1c(N)nnc1SCC(=O)N(C1=CCCCC1)C1CC1. The van der Waals surface area contributed by atoms with Gasteiger partial charge in [0.2, 0.25) is 11.9 Å². The quantitative estimate of drug-likeness (QED) is 0.841. The number of anilines is 1. The molecule has 2 N–H and O–H groups in total. The van der Waals surface area contributed by atoms with Gasteiger partial charge in [0.1, 0.15) is 0 Å². The second-order valence-corrected chi connectivity index (χ2v) is 6.57. The van der Waals surface area contributed by atoms with Gasteiger partial charge < -0.3 is 10.6 Å². The lowest BCUT2D eigenvalue weighted by Crippen LogP contribution is -2.34. The van der Waals surface area contributed by atoms with Crippen molar-refractivity contribution >= 4 is 23.6 Å². The van der Waals surface area contributed by atoms with Crippen molar-refractivity contribution in [1.29, 1.82) is 0 Å². The molecule has 1 heterocycles. The highest BCUT2D eigenvalue weighted by Gasteiger charge is 2.35. The van der Waals surface area contributed by atoms with Crippen molar-refractivity contribution in [2.45, 2.75) is 49.7 Å². The van der Waals surface area contributed by atoms with Gasteiger partial charge in [0, 0.05) is 18.8 Å². The van der Waals surface area contributed by atoms with Crippen LogP contribution in [0.15, 0.2) is 16.9 Å². The highest BCUT2D eigenvalue weighted by atomic mass is 32.2. The van der Waals surface area contributed by atoms with Crippen LogP contribution in [-0.4, -0.2) is 37.4 Å². The molecule has 0 bridgehead atoms. The fraction of sp³-hybridized carbons (Fsp3) is 0.643. The minimum atomic E-state index is 0.178. The van der Waals surface area contributed by atoms with E-state index in [9.17, 15) is 4.79 Å². The molecule has 21 heavy (non-hydrogen) atoms. The molecule has 2 aliphatic carbocycles. The lowest BCUT2D eigenvalue weighted by molar-refractivity contribution is -0.127. The van der Waals surface area contributed by atoms with E-state index in [1.54, 1.807) is 4.57 Å². The molecule has 3 rings (SSSR count). The van der Waals surface area contributed by atoms with Crippen molar-refractivity contribution in [1.82, 2.24) is 19.7 Å². The lowest BCUT2D eigenvalue weighted by atomic mass is 10.0. The highest BCUT2D eigenvalue weighted by Crippen LogP contribution is 2.34. The Kier molecular flexibility index (Phi) is 4.19. The van der Waals surface area contributed by atoms with Gasteiger partial charge in [0.25, 0.3) is 0 Å². The number of carbonyl (C=O) groups excluding carboxylic acids is 1. The number of hydrogen-bond acceptors (Lipinski definition) is 5. The fourth-order valence-electron chi connectivity index (χ4n) is 2.62. The number of nitrogen functional groups attached to an aromatic ring is 1. The van der Waals surface area contributed by atoms with Gasteiger partial charge in [-0.2, -0.15) is 0 Å². The second kappa shape index (κ2) is 6.09. The van der Waals surface area contributed by atoms with E-state index in [2.05, 4.69) is 16.3 Å². The van der Waals surface area contributed by atoms with Crippen LogP contribution in [0.4, 0.5) is 5.95 Å². The molecule has 0 atom stereocenters. The normalized spacial score (nSPS) is 18.4. The molecule has 0 aromatic carbocycles. The maximum Gasteiger partial charge on any atom is 0.237 e. The third-order valence-corrected chi connectivity index (χ3v) is 4.96. The minimum Gasteiger partial charge on any atom is -0.368 e. The standard InChI is InChI=1S/C14H21N5OS/c1-18-13(15)16-17-14(18)21-9-12(20)19(11-7-8-11)10-5-3-2-4-6-10/h5,11H,2-4,6-9H2,1H3,(H2,15,16). The number of rotatable bonds is 5. The number of aromatic nitrogens is 3. The van der Waals surface area contributed by atoms with E-state index < -0.39 is 0 Å². The predicted octanol–water partition coefficient (Wildman–Crippen LogP) is 1.94. The summed E-state index contributed by atoms with van der Waals surface area (Å²) in [4.78, 5) is 14.6. The molecule has 114 valence electrons. The molecule has 1 saturated carbocycles. The summed E-state index contributed by atoms with van der Waals surface area (Å²) in [6.07, 6.45) is 9.06. The van der Waals surface area contributed by atoms with E-state index in [0.29, 0.717) is 22.9 Å². The first kappa shape index (κ1) is 14.4. The van der Waals surface area contributed by atoms with Gasteiger partial charge in [-0.1, -0.05) is 17.8 Å². The highest BCUT2D eigenvalue weighted by molar-refractivity contribution is 7.99. The predicted molar refractivity (Wildman–Crippen MR) is 82.6 cm³/mol. The first-order valence-electron chi connectivity index (χ1n) is 7.45. The molecule has 7 heteroatoms. The van der Waals surface area contributed by atoms with Crippen LogP contribution in [0, 0.1) is 0 Å².